The van der Waals surface area contributed by atoms with E-state index in [9.17, 15) is 4.79 Å². The second-order valence-corrected chi connectivity index (χ2v) is 4.95. The quantitative estimate of drug-likeness (QED) is 0.632. The van der Waals surface area contributed by atoms with Gasteiger partial charge in [0, 0.05) is 6.54 Å². The van der Waals surface area contributed by atoms with E-state index in [1.165, 1.54) is 5.75 Å². The van der Waals surface area contributed by atoms with Crippen molar-refractivity contribution in [2.24, 2.45) is 5.92 Å². The number of thioether (sulfide) groups is 1. The average molecular weight is 219 g/mol. The van der Waals surface area contributed by atoms with Crippen LogP contribution in [0, 0.1) is 5.92 Å². The molecule has 1 N–H and O–H groups in total. The van der Waals surface area contributed by atoms with Crippen LogP contribution < -0.4 is 0 Å². The van der Waals surface area contributed by atoms with E-state index in [1.807, 2.05) is 18.8 Å². The van der Waals surface area contributed by atoms with Crippen LogP contribution in [0.15, 0.2) is 0 Å². The Kier molecular flexibility index (Phi) is 7.99. The SMILES string of the molecule is CCSCCCN(C)CC(C)C(=O)O. The van der Waals surface area contributed by atoms with Crippen LogP contribution in [0.1, 0.15) is 20.3 Å². The highest BCUT2D eigenvalue weighted by Crippen LogP contribution is 2.03. The topological polar surface area (TPSA) is 40.5 Å². The first-order chi connectivity index (χ1) is 6.57. The van der Waals surface area contributed by atoms with Gasteiger partial charge < -0.3 is 10.0 Å². The predicted octanol–water partition coefficient (Wildman–Crippen LogP) is 1.78. The van der Waals surface area contributed by atoms with Crippen LogP contribution in [-0.4, -0.2) is 47.6 Å². The lowest BCUT2D eigenvalue weighted by Crippen LogP contribution is -2.29. The minimum absolute atomic E-state index is 0.265. The zero-order chi connectivity index (χ0) is 11.0. The van der Waals surface area contributed by atoms with E-state index in [0.29, 0.717) is 6.54 Å². The van der Waals surface area contributed by atoms with Gasteiger partial charge in [-0.1, -0.05) is 13.8 Å². The molecule has 0 aliphatic carbocycles. The van der Waals surface area contributed by atoms with Crippen molar-refractivity contribution in [3.05, 3.63) is 0 Å². The first-order valence-electron chi connectivity index (χ1n) is 5.07. The molecule has 1 atom stereocenters. The lowest BCUT2D eigenvalue weighted by Gasteiger charge is -2.18. The number of nitrogens with zero attached hydrogens (tertiary/aromatic N) is 1. The van der Waals surface area contributed by atoms with Crippen molar-refractivity contribution in [3.63, 3.8) is 0 Å². The van der Waals surface area contributed by atoms with E-state index in [1.54, 1.807) is 6.92 Å². The molecule has 0 rings (SSSR count). The van der Waals surface area contributed by atoms with Gasteiger partial charge in [-0.05, 0) is 31.5 Å². The molecule has 0 aliphatic rings. The summed E-state index contributed by atoms with van der Waals surface area (Å²) < 4.78 is 0. The maximum atomic E-state index is 10.6. The molecule has 14 heavy (non-hydrogen) atoms. The fraction of sp³-hybridized carbons (Fsp3) is 0.900. The minimum Gasteiger partial charge on any atom is -0.481 e. The molecule has 0 bridgehead atoms. The molecule has 0 spiro atoms. The van der Waals surface area contributed by atoms with Crippen LogP contribution in [0.3, 0.4) is 0 Å². The van der Waals surface area contributed by atoms with Crippen LogP contribution in [0.2, 0.25) is 0 Å². The Hall–Kier alpha value is -0.220. The Balaban J connectivity index is 3.45. The number of aliphatic carboxylic acids is 1. The van der Waals surface area contributed by atoms with Gasteiger partial charge in [0.05, 0.1) is 5.92 Å². The summed E-state index contributed by atoms with van der Waals surface area (Å²) in [5.41, 5.74) is 0. The summed E-state index contributed by atoms with van der Waals surface area (Å²) >= 11 is 1.93. The molecule has 0 aromatic heterocycles. The van der Waals surface area contributed by atoms with Gasteiger partial charge in [0.1, 0.15) is 0 Å². The number of rotatable bonds is 8. The van der Waals surface area contributed by atoms with Gasteiger partial charge in [-0.3, -0.25) is 4.79 Å². The Bertz CT molecular complexity index is 164. The van der Waals surface area contributed by atoms with Gasteiger partial charge in [-0.25, -0.2) is 0 Å². The third-order valence-electron chi connectivity index (χ3n) is 2.04. The molecule has 0 aromatic carbocycles. The molecule has 84 valence electrons. The number of hydrogen-bond donors (Lipinski definition) is 1. The van der Waals surface area contributed by atoms with Crippen molar-refractivity contribution in [3.8, 4) is 0 Å². The lowest BCUT2D eigenvalue weighted by atomic mass is 10.2. The standard InChI is InChI=1S/C10H21NO2S/c1-4-14-7-5-6-11(3)8-9(2)10(12)13/h9H,4-8H2,1-3H3,(H,12,13). The maximum absolute atomic E-state index is 10.6. The summed E-state index contributed by atoms with van der Waals surface area (Å²) in [4.78, 5) is 12.7. The monoisotopic (exact) mass is 219 g/mol. The van der Waals surface area contributed by atoms with E-state index in [-0.39, 0.29) is 5.92 Å². The molecule has 0 radical (unpaired) electrons. The van der Waals surface area contributed by atoms with Crippen LogP contribution >= 0.6 is 11.8 Å². The summed E-state index contributed by atoms with van der Waals surface area (Å²) in [5, 5.41) is 8.71. The van der Waals surface area contributed by atoms with Crippen molar-refractivity contribution < 1.29 is 9.90 Å². The van der Waals surface area contributed by atoms with Gasteiger partial charge in [0.15, 0.2) is 0 Å². The maximum Gasteiger partial charge on any atom is 0.307 e. The van der Waals surface area contributed by atoms with E-state index >= 15 is 0 Å². The van der Waals surface area contributed by atoms with Crippen LogP contribution in [-0.2, 0) is 4.79 Å². The largest absolute Gasteiger partial charge is 0.481 e. The second-order valence-electron chi connectivity index (χ2n) is 3.55. The molecule has 0 saturated heterocycles. The van der Waals surface area contributed by atoms with Gasteiger partial charge in [0.25, 0.3) is 0 Å². The molecule has 1 unspecified atom stereocenters. The molecule has 0 amide bonds. The normalized spacial score (nSPS) is 13.1. The molecule has 0 saturated carbocycles. The van der Waals surface area contributed by atoms with E-state index in [2.05, 4.69) is 11.8 Å². The fourth-order valence-electron chi connectivity index (χ4n) is 1.22. The number of hydrogen-bond acceptors (Lipinski definition) is 3. The Morgan fingerprint density at radius 2 is 2.21 bits per heavy atom. The van der Waals surface area contributed by atoms with Crippen molar-refractivity contribution in [2.75, 3.05) is 31.6 Å². The highest BCUT2D eigenvalue weighted by Gasteiger charge is 2.12. The average Bonchev–Trinajstić information content (AvgIpc) is 2.12. The van der Waals surface area contributed by atoms with Crippen molar-refractivity contribution in [1.82, 2.24) is 4.90 Å². The predicted molar refractivity (Wildman–Crippen MR) is 61.9 cm³/mol. The summed E-state index contributed by atoms with van der Waals surface area (Å²) in [6, 6.07) is 0. The van der Waals surface area contributed by atoms with Crippen LogP contribution in [0.5, 0.6) is 0 Å². The molecule has 0 fully saturated rings. The second kappa shape index (κ2) is 8.12. The smallest absolute Gasteiger partial charge is 0.307 e. The van der Waals surface area contributed by atoms with E-state index in [4.69, 9.17) is 5.11 Å². The Morgan fingerprint density at radius 1 is 1.57 bits per heavy atom. The first kappa shape index (κ1) is 13.8. The fourth-order valence-corrected chi connectivity index (χ4v) is 1.84. The molecule has 0 heterocycles. The molecule has 4 heteroatoms. The number of carboxylic acids is 1. The summed E-state index contributed by atoms with van der Waals surface area (Å²) in [6.45, 7) is 5.54. The van der Waals surface area contributed by atoms with Crippen molar-refractivity contribution >= 4 is 17.7 Å². The Morgan fingerprint density at radius 3 is 2.71 bits per heavy atom. The van der Waals surface area contributed by atoms with Crippen molar-refractivity contribution in [1.29, 1.82) is 0 Å². The molecule has 3 nitrogen and oxygen atoms in total. The van der Waals surface area contributed by atoms with Crippen LogP contribution in [0.25, 0.3) is 0 Å². The first-order valence-corrected chi connectivity index (χ1v) is 6.22. The summed E-state index contributed by atoms with van der Waals surface area (Å²) in [6.07, 6.45) is 1.14. The van der Waals surface area contributed by atoms with Gasteiger partial charge in [0.2, 0.25) is 0 Å². The molecule has 0 aliphatic heterocycles. The zero-order valence-electron chi connectivity index (χ0n) is 9.32. The summed E-state index contributed by atoms with van der Waals surface area (Å²) in [7, 11) is 1.98. The number of carboxylic acid groups (broad SMARTS) is 1. The van der Waals surface area contributed by atoms with Crippen LogP contribution in [0.4, 0.5) is 0 Å². The molecular formula is C10H21NO2S. The van der Waals surface area contributed by atoms with Gasteiger partial charge in [-0.15, -0.1) is 0 Å². The van der Waals surface area contributed by atoms with E-state index < -0.39 is 5.97 Å². The van der Waals surface area contributed by atoms with Crippen molar-refractivity contribution in [2.45, 2.75) is 20.3 Å². The summed E-state index contributed by atoms with van der Waals surface area (Å²) in [5.74, 6) is 1.36. The van der Waals surface area contributed by atoms with E-state index in [0.717, 1.165) is 18.7 Å². The minimum atomic E-state index is -0.709. The third-order valence-corrected chi connectivity index (χ3v) is 3.03. The highest BCUT2D eigenvalue weighted by molar-refractivity contribution is 7.99. The number of carbonyl (C=O) groups is 1. The zero-order valence-corrected chi connectivity index (χ0v) is 10.1. The molecule has 0 aromatic rings. The highest BCUT2D eigenvalue weighted by atomic mass is 32.2. The molecular weight excluding hydrogens is 198 g/mol. The van der Waals surface area contributed by atoms with Gasteiger partial charge >= 0.3 is 5.97 Å². The van der Waals surface area contributed by atoms with Gasteiger partial charge in [-0.2, -0.15) is 11.8 Å². The lowest BCUT2D eigenvalue weighted by molar-refractivity contribution is -0.141. The third kappa shape index (κ3) is 7.21. The Labute approximate surface area is 90.9 Å².